The van der Waals surface area contributed by atoms with Gasteiger partial charge >= 0.3 is 0 Å². The zero-order valence-corrected chi connectivity index (χ0v) is 11.3. The van der Waals surface area contributed by atoms with Crippen molar-refractivity contribution < 1.29 is 9.72 Å². The lowest BCUT2D eigenvalue weighted by molar-refractivity contribution is -0.384. The first kappa shape index (κ1) is 13.1. The van der Waals surface area contributed by atoms with Gasteiger partial charge in [-0.15, -0.1) is 0 Å². The minimum atomic E-state index is -0.447. The molecule has 21 heavy (non-hydrogen) atoms. The molecule has 0 atom stereocenters. The molecule has 0 spiro atoms. The van der Waals surface area contributed by atoms with E-state index in [1.54, 1.807) is 29.2 Å². The summed E-state index contributed by atoms with van der Waals surface area (Å²) in [7, 11) is 1.81. The molecule has 0 aliphatic carbocycles. The van der Waals surface area contributed by atoms with Gasteiger partial charge in [0.15, 0.2) is 0 Å². The molecule has 0 unspecified atom stereocenters. The van der Waals surface area contributed by atoms with E-state index in [9.17, 15) is 14.9 Å². The highest BCUT2D eigenvalue weighted by Crippen LogP contribution is 2.33. The van der Waals surface area contributed by atoms with Crippen LogP contribution in [0.25, 0.3) is 6.08 Å². The summed E-state index contributed by atoms with van der Waals surface area (Å²) < 4.78 is 0. The highest BCUT2D eigenvalue weighted by atomic mass is 16.6. The van der Waals surface area contributed by atoms with Gasteiger partial charge in [-0.1, -0.05) is 24.3 Å². The van der Waals surface area contributed by atoms with Crippen molar-refractivity contribution in [1.29, 1.82) is 0 Å². The zero-order chi connectivity index (χ0) is 15.0. The summed E-state index contributed by atoms with van der Waals surface area (Å²) in [6.07, 6.45) is 1.68. The number of ketones is 1. The Bertz CT molecular complexity index is 781. The fourth-order valence-electron chi connectivity index (χ4n) is 2.43. The Morgan fingerprint density at radius 2 is 1.90 bits per heavy atom. The molecule has 5 heteroatoms. The van der Waals surface area contributed by atoms with Crippen LogP contribution in [0.4, 0.5) is 11.4 Å². The van der Waals surface area contributed by atoms with Crippen LogP contribution < -0.4 is 4.90 Å². The van der Waals surface area contributed by atoms with E-state index in [4.69, 9.17) is 0 Å². The van der Waals surface area contributed by atoms with Gasteiger partial charge in [0, 0.05) is 24.7 Å². The average Bonchev–Trinajstić information content (AvgIpc) is 2.73. The molecule has 0 saturated carbocycles. The zero-order valence-electron chi connectivity index (χ0n) is 11.3. The number of nitro groups is 1. The first-order chi connectivity index (χ1) is 10.1. The van der Waals surface area contributed by atoms with Gasteiger partial charge < -0.3 is 4.90 Å². The van der Waals surface area contributed by atoms with E-state index in [0.29, 0.717) is 16.8 Å². The van der Waals surface area contributed by atoms with E-state index >= 15 is 0 Å². The number of benzene rings is 2. The Kier molecular flexibility index (Phi) is 3.02. The van der Waals surface area contributed by atoms with Crippen LogP contribution in [0, 0.1) is 10.1 Å². The Morgan fingerprint density at radius 1 is 1.14 bits per heavy atom. The van der Waals surface area contributed by atoms with E-state index in [2.05, 4.69) is 0 Å². The van der Waals surface area contributed by atoms with Gasteiger partial charge in [-0.05, 0) is 23.8 Å². The number of fused-ring (bicyclic) bond motifs is 1. The van der Waals surface area contributed by atoms with Crippen molar-refractivity contribution in [2.24, 2.45) is 0 Å². The van der Waals surface area contributed by atoms with E-state index in [-0.39, 0.29) is 11.5 Å². The molecule has 0 saturated heterocycles. The summed E-state index contributed by atoms with van der Waals surface area (Å²) in [5.74, 6) is -0.0698. The van der Waals surface area contributed by atoms with Gasteiger partial charge in [-0.2, -0.15) is 0 Å². The number of carbonyl (C=O) groups excluding carboxylic acids is 1. The van der Waals surface area contributed by atoms with Gasteiger partial charge in [0.25, 0.3) is 5.69 Å². The number of likely N-dealkylation sites (N-methyl/N-ethyl adjacent to an activating group) is 1. The number of hydrogen-bond donors (Lipinski definition) is 0. The fourth-order valence-corrected chi connectivity index (χ4v) is 2.43. The van der Waals surface area contributed by atoms with Crippen LogP contribution in [0.2, 0.25) is 0 Å². The number of allylic oxidation sites excluding steroid dienone is 1. The number of nitrogens with zero attached hydrogens (tertiary/aromatic N) is 2. The quantitative estimate of drug-likeness (QED) is 0.481. The second-order valence-electron chi connectivity index (χ2n) is 4.79. The second kappa shape index (κ2) is 4.86. The lowest BCUT2D eigenvalue weighted by Crippen LogP contribution is -2.13. The molecule has 0 aromatic heterocycles. The van der Waals surface area contributed by atoms with Crippen molar-refractivity contribution in [2.45, 2.75) is 0 Å². The van der Waals surface area contributed by atoms with Crippen molar-refractivity contribution >= 4 is 23.2 Å². The standard InChI is InChI=1S/C16H12N2O3/c1-17-14-8-3-2-7-13(14)16(19)15(17)10-11-5-4-6-12(9-11)18(20)21/h2-10H,1H3. The molecular weight excluding hydrogens is 268 g/mol. The van der Waals surface area contributed by atoms with Gasteiger partial charge in [0.1, 0.15) is 0 Å². The smallest absolute Gasteiger partial charge is 0.270 e. The lowest BCUT2D eigenvalue weighted by Gasteiger charge is -2.13. The van der Waals surface area contributed by atoms with Crippen LogP contribution >= 0.6 is 0 Å². The predicted molar refractivity (Wildman–Crippen MR) is 80.2 cm³/mol. The molecule has 1 aliphatic heterocycles. The van der Waals surface area contributed by atoms with Gasteiger partial charge in [0.05, 0.1) is 16.3 Å². The normalized spacial score (nSPS) is 15.4. The number of hydrogen-bond acceptors (Lipinski definition) is 4. The van der Waals surface area contributed by atoms with Crippen molar-refractivity contribution in [3.05, 3.63) is 75.5 Å². The highest BCUT2D eigenvalue weighted by molar-refractivity contribution is 6.21. The molecule has 0 radical (unpaired) electrons. The molecule has 2 aromatic carbocycles. The molecule has 0 fully saturated rings. The molecule has 5 nitrogen and oxygen atoms in total. The Labute approximate surface area is 121 Å². The third-order valence-corrected chi connectivity index (χ3v) is 3.49. The molecule has 0 amide bonds. The Hall–Kier alpha value is -2.95. The van der Waals surface area contributed by atoms with Crippen LogP contribution in [0.5, 0.6) is 0 Å². The second-order valence-corrected chi connectivity index (χ2v) is 4.79. The van der Waals surface area contributed by atoms with Crippen molar-refractivity contribution in [3.8, 4) is 0 Å². The monoisotopic (exact) mass is 280 g/mol. The molecular formula is C16H12N2O3. The minimum absolute atomic E-state index is 0.00923. The first-order valence-corrected chi connectivity index (χ1v) is 6.41. The molecule has 1 heterocycles. The number of non-ortho nitro benzene ring substituents is 1. The Balaban J connectivity index is 2.04. The predicted octanol–water partition coefficient (Wildman–Crippen LogP) is 3.27. The van der Waals surface area contributed by atoms with Crippen LogP contribution in [0.1, 0.15) is 15.9 Å². The topological polar surface area (TPSA) is 63.4 Å². The molecule has 104 valence electrons. The number of Topliss-reactive ketones (excluding diaryl/α,β-unsaturated/α-hetero) is 1. The van der Waals surface area contributed by atoms with Gasteiger partial charge in [-0.3, -0.25) is 14.9 Å². The molecule has 1 aliphatic rings. The maximum absolute atomic E-state index is 12.4. The van der Waals surface area contributed by atoms with Gasteiger partial charge in [-0.25, -0.2) is 0 Å². The summed E-state index contributed by atoms with van der Waals surface area (Å²) >= 11 is 0. The average molecular weight is 280 g/mol. The number of carbonyl (C=O) groups is 1. The third-order valence-electron chi connectivity index (χ3n) is 3.49. The van der Waals surface area contributed by atoms with Crippen LogP contribution in [-0.4, -0.2) is 17.8 Å². The fraction of sp³-hybridized carbons (Fsp3) is 0.0625. The molecule has 2 aromatic rings. The molecule has 0 N–H and O–H groups in total. The van der Waals surface area contributed by atoms with E-state index in [1.165, 1.54) is 12.1 Å². The summed E-state index contributed by atoms with van der Waals surface area (Å²) in [4.78, 5) is 24.5. The largest absolute Gasteiger partial charge is 0.341 e. The van der Waals surface area contributed by atoms with Crippen molar-refractivity contribution in [2.75, 3.05) is 11.9 Å². The van der Waals surface area contributed by atoms with E-state index in [1.807, 2.05) is 25.2 Å². The van der Waals surface area contributed by atoms with Gasteiger partial charge in [0.2, 0.25) is 5.78 Å². The summed E-state index contributed by atoms with van der Waals surface area (Å²) in [5.41, 5.74) is 2.65. The number of rotatable bonds is 2. The lowest BCUT2D eigenvalue weighted by atomic mass is 10.1. The highest BCUT2D eigenvalue weighted by Gasteiger charge is 2.29. The minimum Gasteiger partial charge on any atom is -0.341 e. The number of anilines is 1. The Morgan fingerprint density at radius 3 is 2.62 bits per heavy atom. The maximum atomic E-state index is 12.4. The maximum Gasteiger partial charge on any atom is 0.270 e. The number of nitro benzene ring substituents is 1. The summed E-state index contributed by atoms with van der Waals surface area (Å²) in [5, 5.41) is 10.8. The summed E-state index contributed by atoms with van der Waals surface area (Å²) in [6, 6.07) is 13.6. The third kappa shape index (κ3) is 2.18. The van der Waals surface area contributed by atoms with Crippen LogP contribution in [0.15, 0.2) is 54.2 Å². The summed E-state index contributed by atoms with van der Waals surface area (Å²) in [6.45, 7) is 0. The van der Waals surface area contributed by atoms with E-state index < -0.39 is 4.92 Å². The van der Waals surface area contributed by atoms with Crippen LogP contribution in [0.3, 0.4) is 0 Å². The molecule has 0 bridgehead atoms. The van der Waals surface area contributed by atoms with E-state index in [0.717, 1.165) is 5.69 Å². The first-order valence-electron chi connectivity index (χ1n) is 6.41. The van der Waals surface area contributed by atoms with Crippen molar-refractivity contribution in [1.82, 2.24) is 0 Å². The number of para-hydroxylation sites is 1. The SMILES string of the molecule is CN1C(=Cc2cccc([N+](=O)[O-])c2)C(=O)c2ccccc21. The van der Waals surface area contributed by atoms with Crippen LogP contribution in [-0.2, 0) is 0 Å². The van der Waals surface area contributed by atoms with Crippen molar-refractivity contribution in [3.63, 3.8) is 0 Å². The molecule has 3 rings (SSSR count).